The number of anilines is 1. The van der Waals surface area contributed by atoms with Crippen LogP contribution in [0.15, 0.2) is 36.7 Å². The fourth-order valence-corrected chi connectivity index (χ4v) is 8.64. The Morgan fingerprint density at radius 3 is 2.64 bits per heavy atom. The number of halogens is 2. The summed E-state index contributed by atoms with van der Waals surface area (Å²) in [6.07, 6.45) is 7.86. The van der Waals surface area contributed by atoms with Crippen LogP contribution in [0.4, 0.5) is 14.5 Å². The topological polar surface area (TPSA) is 168 Å². The second kappa shape index (κ2) is 11.1. The zero-order valence-electron chi connectivity index (χ0n) is 24.1. The summed E-state index contributed by atoms with van der Waals surface area (Å²) in [4.78, 5) is 63.3. The van der Waals surface area contributed by atoms with E-state index in [-0.39, 0.29) is 34.2 Å². The SMILES string of the molecule is O=C(N[C@H]1C[C@@H]2C[C@@H]2C[C@H]2CC[C@@H](C(=O)N[C@@H]3CCN(c4cn[nH]c4)C3)N2C1=O)c1cc2cc(C(F)(F)P(=O)(O)O)ccc2s1. The molecule has 6 atom stereocenters. The molecule has 4 fully saturated rings. The van der Waals surface area contributed by atoms with Gasteiger partial charge in [-0.3, -0.25) is 24.0 Å². The predicted molar refractivity (Wildman–Crippen MR) is 161 cm³/mol. The van der Waals surface area contributed by atoms with Gasteiger partial charge in [-0.2, -0.15) is 13.9 Å². The molecule has 12 nitrogen and oxygen atoms in total. The third-order valence-corrected chi connectivity index (χ3v) is 11.8. The molecular formula is C29H33F2N6O6PS. The summed E-state index contributed by atoms with van der Waals surface area (Å²) in [5.41, 5.74) is -4.26. The van der Waals surface area contributed by atoms with Crippen LogP contribution in [-0.4, -0.2) is 79.9 Å². The highest BCUT2D eigenvalue weighted by atomic mass is 32.1. The van der Waals surface area contributed by atoms with Crippen LogP contribution in [0.25, 0.3) is 10.1 Å². The van der Waals surface area contributed by atoms with Crippen molar-refractivity contribution in [1.29, 1.82) is 0 Å². The van der Waals surface area contributed by atoms with Gasteiger partial charge in [0.25, 0.3) is 5.91 Å². The Morgan fingerprint density at radius 2 is 1.89 bits per heavy atom. The van der Waals surface area contributed by atoms with Crippen LogP contribution in [0.5, 0.6) is 0 Å². The lowest BCUT2D eigenvalue weighted by Gasteiger charge is -2.35. The molecule has 2 aromatic heterocycles. The van der Waals surface area contributed by atoms with Crippen molar-refractivity contribution < 1.29 is 37.5 Å². The predicted octanol–water partition coefficient (Wildman–Crippen LogP) is 3.13. The molecule has 3 saturated heterocycles. The molecule has 0 radical (unpaired) electrons. The Morgan fingerprint density at radius 1 is 1.09 bits per heavy atom. The van der Waals surface area contributed by atoms with Gasteiger partial charge in [-0.05, 0) is 73.9 Å². The van der Waals surface area contributed by atoms with E-state index in [0.717, 1.165) is 61.4 Å². The number of hydrogen-bond donors (Lipinski definition) is 5. The van der Waals surface area contributed by atoms with E-state index >= 15 is 0 Å². The summed E-state index contributed by atoms with van der Waals surface area (Å²) in [6.45, 7) is 1.42. The maximum atomic E-state index is 14.3. The van der Waals surface area contributed by atoms with Gasteiger partial charge in [0.05, 0.1) is 16.8 Å². The monoisotopic (exact) mass is 662 g/mol. The van der Waals surface area contributed by atoms with Crippen molar-refractivity contribution >= 4 is 52.4 Å². The van der Waals surface area contributed by atoms with Crippen molar-refractivity contribution in [2.75, 3.05) is 18.0 Å². The minimum Gasteiger partial charge on any atom is -0.367 e. The molecule has 7 rings (SSSR count). The first kappa shape index (κ1) is 30.3. The first-order valence-electron chi connectivity index (χ1n) is 15.0. The lowest BCUT2D eigenvalue weighted by molar-refractivity contribution is -0.143. The van der Waals surface area contributed by atoms with Gasteiger partial charge in [0, 0.05) is 41.6 Å². The van der Waals surface area contributed by atoms with E-state index in [4.69, 9.17) is 9.79 Å². The number of hydrogen-bond acceptors (Lipinski definition) is 7. The largest absolute Gasteiger partial charge is 0.399 e. The van der Waals surface area contributed by atoms with Gasteiger partial charge >= 0.3 is 13.3 Å². The highest BCUT2D eigenvalue weighted by molar-refractivity contribution is 7.52. The number of amides is 3. The number of fused-ring (bicyclic) bond motifs is 3. The van der Waals surface area contributed by atoms with Crippen LogP contribution in [0.1, 0.15) is 53.8 Å². The second-order valence-electron chi connectivity index (χ2n) is 12.6. The summed E-state index contributed by atoms with van der Waals surface area (Å²) in [5.74, 6) is -0.273. The number of nitrogens with zero attached hydrogens (tertiary/aromatic N) is 3. The number of H-pyrrole nitrogens is 1. The molecule has 0 bridgehead atoms. The van der Waals surface area contributed by atoms with Crippen LogP contribution < -0.4 is 15.5 Å². The maximum Gasteiger partial charge on any atom is 0.399 e. The van der Waals surface area contributed by atoms with Gasteiger partial charge in [0.2, 0.25) is 11.8 Å². The van der Waals surface area contributed by atoms with Crippen molar-refractivity contribution in [2.24, 2.45) is 11.8 Å². The molecule has 45 heavy (non-hydrogen) atoms. The van der Waals surface area contributed by atoms with Gasteiger partial charge in [-0.25, -0.2) is 0 Å². The van der Waals surface area contributed by atoms with Crippen molar-refractivity contribution in [2.45, 2.75) is 68.4 Å². The Balaban J connectivity index is 1.06. The summed E-state index contributed by atoms with van der Waals surface area (Å²) in [7, 11) is -5.75. The minimum atomic E-state index is -5.75. The van der Waals surface area contributed by atoms with Crippen LogP contribution >= 0.6 is 18.9 Å². The Bertz CT molecular complexity index is 1700. The van der Waals surface area contributed by atoms with E-state index in [2.05, 4.69) is 25.7 Å². The number of aromatic nitrogens is 2. The first-order valence-corrected chi connectivity index (χ1v) is 17.5. The van der Waals surface area contributed by atoms with Crippen LogP contribution in [0.3, 0.4) is 0 Å². The Kier molecular flexibility index (Phi) is 7.50. The molecule has 16 heteroatoms. The summed E-state index contributed by atoms with van der Waals surface area (Å²) < 4.78 is 40.4. The number of rotatable bonds is 7. The van der Waals surface area contributed by atoms with Crippen LogP contribution in [0, 0.1) is 11.8 Å². The average Bonchev–Trinajstić information content (AvgIpc) is 3.55. The van der Waals surface area contributed by atoms with E-state index in [1.54, 1.807) is 11.1 Å². The Labute approximate surface area is 260 Å². The number of aromatic amines is 1. The number of benzene rings is 1. The minimum absolute atomic E-state index is 0.0604. The molecule has 5 heterocycles. The molecule has 3 aromatic rings. The molecule has 240 valence electrons. The first-order chi connectivity index (χ1) is 21.4. The summed E-state index contributed by atoms with van der Waals surface area (Å²) in [5, 5.41) is 13.0. The average molecular weight is 663 g/mol. The smallest absolute Gasteiger partial charge is 0.367 e. The summed E-state index contributed by atoms with van der Waals surface area (Å²) in [6, 6.07) is 2.97. The zero-order valence-corrected chi connectivity index (χ0v) is 25.8. The lowest BCUT2D eigenvalue weighted by Crippen LogP contribution is -2.57. The number of nitrogens with one attached hydrogen (secondary N) is 3. The molecule has 3 amide bonds. The quantitative estimate of drug-likeness (QED) is 0.241. The van der Waals surface area contributed by atoms with Crippen molar-refractivity contribution in [3.63, 3.8) is 0 Å². The van der Waals surface area contributed by atoms with E-state index in [9.17, 15) is 27.7 Å². The van der Waals surface area contributed by atoms with E-state index in [1.807, 2.05) is 6.20 Å². The molecule has 3 aliphatic heterocycles. The molecule has 1 aliphatic carbocycles. The normalized spacial score (nSPS) is 28.4. The molecule has 1 aromatic carbocycles. The molecule has 4 aliphatic rings. The van der Waals surface area contributed by atoms with E-state index in [1.165, 1.54) is 12.1 Å². The second-order valence-corrected chi connectivity index (χ2v) is 15.3. The van der Waals surface area contributed by atoms with Gasteiger partial charge in [0.1, 0.15) is 12.1 Å². The number of thiophene rings is 1. The molecule has 5 N–H and O–H groups in total. The lowest BCUT2D eigenvalue weighted by atomic mass is 9.99. The van der Waals surface area contributed by atoms with Crippen LogP contribution in [-0.2, 0) is 19.8 Å². The molecule has 1 saturated carbocycles. The van der Waals surface area contributed by atoms with Crippen molar-refractivity contribution in [3.8, 4) is 0 Å². The van der Waals surface area contributed by atoms with Gasteiger partial charge in [-0.15, -0.1) is 11.3 Å². The number of alkyl halides is 2. The fourth-order valence-electron chi connectivity index (χ4n) is 7.21. The van der Waals surface area contributed by atoms with Crippen molar-refractivity contribution in [3.05, 3.63) is 47.1 Å². The molecular weight excluding hydrogens is 629 g/mol. The van der Waals surface area contributed by atoms with Gasteiger partial charge < -0.3 is 30.2 Å². The third kappa shape index (κ3) is 5.64. The zero-order chi connectivity index (χ0) is 31.7. The molecule has 0 unspecified atom stereocenters. The van der Waals surface area contributed by atoms with Crippen molar-refractivity contribution in [1.82, 2.24) is 25.7 Å². The Hall–Kier alpha value is -3.39. The maximum absolute atomic E-state index is 14.3. The standard InChI is InChI=1S/C29H33F2N6O6PS/c30-29(31,44(41,42)43)18-1-4-24-17(8-18)11-25(45-24)27(39)35-22-10-16-7-15(16)9-20-2-3-23(37(20)28(22)40)26(38)34-19-5-6-36(14-19)21-12-32-33-13-21/h1,4,8,11-13,15-16,19-20,22-23H,2-3,5-7,9-10,14H2,(H,32,33)(H,34,38)(H,35,39)(H2,41,42,43)/t15-,16+,19-,20-,22+,23+/m1/s1. The molecule has 0 spiro atoms. The van der Waals surface area contributed by atoms with E-state index in [0.29, 0.717) is 35.9 Å². The summed E-state index contributed by atoms with van der Waals surface area (Å²) >= 11 is 1.03. The highest BCUT2D eigenvalue weighted by Gasteiger charge is 2.52. The van der Waals surface area contributed by atoms with E-state index < -0.39 is 36.8 Å². The van der Waals surface area contributed by atoms with Gasteiger partial charge in [-0.1, -0.05) is 6.07 Å². The highest BCUT2D eigenvalue weighted by Crippen LogP contribution is 2.59. The fraction of sp³-hybridized carbons (Fsp3) is 0.517. The third-order valence-electron chi connectivity index (χ3n) is 9.68. The number of carbonyl (C=O) groups is 3. The number of carbonyl (C=O) groups excluding carboxylic acids is 3. The van der Waals surface area contributed by atoms with Gasteiger partial charge in [0.15, 0.2) is 0 Å². The van der Waals surface area contributed by atoms with Crippen LogP contribution in [0.2, 0.25) is 0 Å².